The van der Waals surface area contributed by atoms with Crippen LogP contribution in [0.15, 0.2) is 18.2 Å². The van der Waals surface area contributed by atoms with E-state index in [9.17, 15) is 15.0 Å². The van der Waals surface area contributed by atoms with Gasteiger partial charge >= 0.3 is 0 Å². The van der Waals surface area contributed by atoms with Crippen molar-refractivity contribution in [2.75, 3.05) is 13.6 Å². The van der Waals surface area contributed by atoms with E-state index >= 15 is 0 Å². The van der Waals surface area contributed by atoms with E-state index in [2.05, 4.69) is 0 Å². The Kier molecular flexibility index (Phi) is 3.66. The number of hydrogen-bond donors (Lipinski definition) is 2. The lowest BCUT2D eigenvalue weighted by atomic mass is 9.84. The average Bonchev–Trinajstić information content (AvgIpc) is 2.24. The van der Waals surface area contributed by atoms with E-state index in [-0.39, 0.29) is 28.3 Å². The smallest absolute Gasteiger partial charge is 0.253 e. The van der Waals surface area contributed by atoms with Crippen molar-refractivity contribution in [1.82, 2.24) is 4.90 Å². The maximum Gasteiger partial charge on any atom is 0.253 e. The Morgan fingerprint density at radius 1 is 1.33 bits per heavy atom. The standard InChI is InChI=1S/C13H16ClNO3/c1-15(7-8-2-10(14)3-8)13(18)9-4-11(16)6-12(17)5-9/h4-6,8,10,16-17H,2-3,7H2,1H3. The summed E-state index contributed by atoms with van der Waals surface area (Å²) in [5.41, 5.74) is 0.289. The third-order valence-corrected chi connectivity index (χ3v) is 3.56. The molecule has 1 aromatic rings. The number of rotatable bonds is 3. The second-order valence-corrected chi connectivity index (χ2v) is 5.48. The number of nitrogens with zero attached hydrogens (tertiary/aromatic N) is 1. The number of alkyl halides is 1. The number of phenols is 2. The largest absolute Gasteiger partial charge is 0.508 e. The summed E-state index contributed by atoms with van der Waals surface area (Å²) in [5.74, 6) is 0.0130. The number of hydrogen-bond acceptors (Lipinski definition) is 3. The molecule has 0 saturated heterocycles. The van der Waals surface area contributed by atoms with Gasteiger partial charge in [-0.3, -0.25) is 4.79 Å². The van der Waals surface area contributed by atoms with Crippen LogP contribution in [0.2, 0.25) is 0 Å². The van der Waals surface area contributed by atoms with Gasteiger partial charge in [0.2, 0.25) is 0 Å². The molecule has 0 spiro atoms. The lowest BCUT2D eigenvalue weighted by molar-refractivity contribution is 0.0746. The summed E-state index contributed by atoms with van der Waals surface area (Å²) in [5, 5.41) is 18.9. The Morgan fingerprint density at radius 3 is 2.39 bits per heavy atom. The predicted molar refractivity (Wildman–Crippen MR) is 69.1 cm³/mol. The Labute approximate surface area is 111 Å². The Bertz CT molecular complexity index is 437. The molecule has 1 amide bonds. The number of halogens is 1. The molecular weight excluding hydrogens is 254 g/mol. The number of benzene rings is 1. The van der Waals surface area contributed by atoms with Crippen molar-refractivity contribution in [1.29, 1.82) is 0 Å². The predicted octanol–water partition coefficient (Wildman–Crippen LogP) is 2.19. The van der Waals surface area contributed by atoms with Crippen molar-refractivity contribution in [3.63, 3.8) is 0 Å². The van der Waals surface area contributed by atoms with E-state index in [1.807, 2.05) is 0 Å². The molecule has 4 nitrogen and oxygen atoms in total. The zero-order valence-electron chi connectivity index (χ0n) is 10.1. The zero-order chi connectivity index (χ0) is 13.3. The molecule has 18 heavy (non-hydrogen) atoms. The highest BCUT2D eigenvalue weighted by Crippen LogP contribution is 2.32. The van der Waals surface area contributed by atoms with Gasteiger partial charge in [0, 0.05) is 30.6 Å². The molecule has 0 aliphatic heterocycles. The summed E-state index contributed by atoms with van der Waals surface area (Å²) in [6.07, 6.45) is 1.87. The van der Waals surface area contributed by atoms with Gasteiger partial charge < -0.3 is 15.1 Å². The van der Waals surface area contributed by atoms with Gasteiger partial charge in [0.15, 0.2) is 0 Å². The molecule has 0 unspecified atom stereocenters. The van der Waals surface area contributed by atoms with E-state index in [4.69, 9.17) is 11.6 Å². The van der Waals surface area contributed by atoms with Crippen molar-refractivity contribution in [2.45, 2.75) is 18.2 Å². The van der Waals surface area contributed by atoms with Crippen molar-refractivity contribution < 1.29 is 15.0 Å². The van der Waals surface area contributed by atoms with Crippen molar-refractivity contribution >= 4 is 17.5 Å². The topological polar surface area (TPSA) is 60.8 Å². The highest BCUT2D eigenvalue weighted by molar-refractivity contribution is 6.21. The Morgan fingerprint density at radius 2 is 1.89 bits per heavy atom. The third kappa shape index (κ3) is 2.88. The highest BCUT2D eigenvalue weighted by atomic mass is 35.5. The van der Waals surface area contributed by atoms with Crippen molar-refractivity contribution in [3.05, 3.63) is 23.8 Å². The Balaban J connectivity index is 2.01. The first-order chi connectivity index (χ1) is 8.45. The van der Waals surface area contributed by atoms with Crippen LogP contribution < -0.4 is 0 Å². The number of phenolic OH excluding ortho intramolecular Hbond substituents is 2. The molecule has 2 rings (SSSR count). The van der Waals surface area contributed by atoms with Crippen LogP contribution in [0.3, 0.4) is 0 Å². The summed E-state index contributed by atoms with van der Waals surface area (Å²) in [6.45, 7) is 0.651. The number of carbonyl (C=O) groups excluding carboxylic acids is 1. The normalized spacial score (nSPS) is 22.3. The quantitative estimate of drug-likeness (QED) is 0.827. The van der Waals surface area contributed by atoms with E-state index in [1.54, 1.807) is 11.9 Å². The van der Waals surface area contributed by atoms with Gasteiger partial charge in [-0.15, -0.1) is 11.6 Å². The van der Waals surface area contributed by atoms with E-state index in [0.29, 0.717) is 12.5 Å². The maximum absolute atomic E-state index is 12.1. The molecule has 1 aliphatic rings. The monoisotopic (exact) mass is 269 g/mol. The van der Waals surface area contributed by atoms with Gasteiger partial charge in [-0.2, -0.15) is 0 Å². The molecule has 1 saturated carbocycles. The minimum Gasteiger partial charge on any atom is -0.508 e. The number of amides is 1. The molecule has 2 N–H and O–H groups in total. The molecular formula is C13H16ClNO3. The molecule has 1 aromatic carbocycles. The van der Waals surface area contributed by atoms with Gasteiger partial charge in [0.25, 0.3) is 5.91 Å². The van der Waals surface area contributed by atoms with Gasteiger partial charge in [0.1, 0.15) is 11.5 Å². The van der Waals surface area contributed by atoms with Crippen LogP contribution in [0.4, 0.5) is 0 Å². The molecule has 0 aromatic heterocycles. The van der Waals surface area contributed by atoms with Crippen LogP contribution in [-0.2, 0) is 0 Å². The van der Waals surface area contributed by atoms with Gasteiger partial charge in [-0.1, -0.05) is 0 Å². The van der Waals surface area contributed by atoms with Crippen molar-refractivity contribution in [2.24, 2.45) is 5.92 Å². The Hall–Kier alpha value is -1.42. The third-order valence-electron chi connectivity index (χ3n) is 3.21. The fraction of sp³-hybridized carbons (Fsp3) is 0.462. The first-order valence-corrected chi connectivity index (χ1v) is 6.32. The molecule has 0 atom stereocenters. The molecule has 0 bridgehead atoms. The minimum absolute atomic E-state index is 0.115. The van der Waals surface area contributed by atoms with Crippen LogP contribution in [0, 0.1) is 5.92 Å². The minimum atomic E-state index is -0.209. The van der Waals surface area contributed by atoms with Crippen LogP contribution in [0.5, 0.6) is 11.5 Å². The van der Waals surface area contributed by atoms with Gasteiger partial charge in [-0.05, 0) is 30.9 Å². The van der Waals surface area contributed by atoms with Crippen LogP contribution >= 0.6 is 11.6 Å². The molecule has 0 heterocycles. The number of carbonyl (C=O) groups is 1. The maximum atomic E-state index is 12.1. The lowest BCUT2D eigenvalue weighted by Gasteiger charge is -2.34. The van der Waals surface area contributed by atoms with Crippen LogP contribution in [0.25, 0.3) is 0 Å². The molecule has 98 valence electrons. The first kappa shape index (κ1) is 13.0. The van der Waals surface area contributed by atoms with E-state index in [1.165, 1.54) is 18.2 Å². The summed E-state index contributed by atoms with van der Waals surface area (Å²) >= 11 is 5.90. The summed E-state index contributed by atoms with van der Waals surface area (Å²) in [4.78, 5) is 13.7. The summed E-state index contributed by atoms with van der Waals surface area (Å²) in [6, 6.07) is 3.90. The second-order valence-electron chi connectivity index (χ2n) is 4.86. The zero-order valence-corrected chi connectivity index (χ0v) is 10.9. The van der Waals surface area contributed by atoms with E-state index in [0.717, 1.165) is 12.8 Å². The fourth-order valence-corrected chi connectivity index (χ4v) is 2.72. The van der Waals surface area contributed by atoms with E-state index < -0.39 is 0 Å². The number of aromatic hydroxyl groups is 2. The summed E-state index contributed by atoms with van der Waals surface area (Å²) < 4.78 is 0. The molecule has 0 radical (unpaired) electrons. The van der Waals surface area contributed by atoms with Gasteiger partial charge in [0.05, 0.1) is 0 Å². The SMILES string of the molecule is CN(CC1CC(Cl)C1)C(=O)c1cc(O)cc(O)c1. The average molecular weight is 270 g/mol. The summed E-state index contributed by atoms with van der Waals surface area (Å²) in [7, 11) is 1.71. The molecule has 5 heteroatoms. The fourth-order valence-electron chi connectivity index (χ4n) is 2.21. The molecule has 1 aliphatic carbocycles. The van der Waals surface area contributed by atoms with Crippen molar-refractivity contribution in [3.8, 4) is 11.5 Å². The van der Waals surface area contributed by atoms with Crippen LogP contribution in [-0.4, -0.2) is 40.0 Å². The highest BCUT2D eigenvalue weighted by Gasteiger charge is 2.29. The second kappa shape index (κ2) is 5.06. The lowest BCUT2D eigenvalue weighted by Crippen LogP contribution is -2.37. The van der Waals surface area contributed by atoms with Gasteiger partial charge in [-0.25, -0.2) is 0 Å². The van der Waals surface area contributed by atoms with Crippen LogP contribution in [0.1, 0.15) is 23.2 Å². The molecule has 1 fully saturated rings. The first-order valence-electron chi connectivity index (χ1n) is 5.88.